The van der Waals surface area contributed by atoms with Gasteiger partial charge in [0.1, 0.15) is 23.4 Å². The summed E-state index contributed by atoms with van der Waals surface area (Å²) in [5.41, 5.74) is 1.46. The van der Waals surface area contributed by atoms with E-state index in [9.17, 15) is 23.1 Å². The van der Waals surface area contributed by atoms with Crippen LogP contribution in [0.3, 0.4) is 0 Å². The van der Waals surface area contributed by atoms with Gasteiger partial charge in [-0.3, -0.25) is 9.00 Å². The molecule has 1 unspecified atom stereocenters. The highest BCUT2D eigenvalue weighted by Crippen LogP contribution is 2.35. The molecule has 1 N–H and O–H groups in total. The van der Waals surface area contributed by atoms with Crippen molar-refractivity contribution < 1.29 is 37.3 Å². The van der Waals surface area contributed by atoms with E-state index >= 15 is 0 Å². The molecular formula is C30H40FN2O7S-. The maximum atomic E-state index is 14.5. The van der Waals surface area contributed by atoms with Crippen LogP contribution in [0, 0.1) is 11.7 Å². The van der Waals surface area contributed by atoms with Crippen LogP contribution in [-0.2, 0) is 20.6 Å². The number of carbonyl (C=O) groups is 1. The SMILES string of the molecule is CCOc1ccc(F)c(N2CCC(Oc3ccc(N4C[C@H](OCCCCS(=O)[O-])[C@@H](C)[C@@H]4CC(=O)O)cc3)CC2)c1. The Balaban J connectivity index is 1.32. The van der Waals surface area contributed by atoms with Crippen LogP contribution >= 0.6 is 0 Å². The Hall–Kier alpha value is -2.89. The van der Waals surface area contributed by atoms with Crippen LogP contribution in [0.1, 0.15) is 46.0 Å². The number of hydrogen-bond acceptors (Lipinski definition) is 8. The lowest BCUT2D eigenvalue weighted by molar-refractivity contribution is -0.137. The second-order valence-corrected chi connectivity index (χ2v) is 11.7. The predicted octanol–water partition coefficient (Wildman–Crippen LogP) is 4.62. The van der Waals surface area contributed by atoms with Gasteiger partial charge in [0.2, 0.25) is 0 Å². The summed E-state index contributed by atoms with van der Waals surface area (Å²) >= 11 is -2.05. The minimum Gasteiger partial charge on any atom is -0.772 e. The molecule has 9 nitrogen and oxygen atoms in total. The fraction of sp³-hybridized carbons (Fsp3) is 0.567. The van der Waals surface area contributed by atoms with Gasteiger partial charge in [-0.1, -0.05) is 18.0 Å². The monoisotopic (exact) mass is 591 g/mol. The first-order valence-corrected chi connectivity index (χ1v) is 15.6. The molecule has 2 heterocycles. The van der Waals surface area contributed by atoms with Crippen molar-refractivity contribution in [1.82, 2.24) is 0 Å². The number of anilines is 2. The van der Waals surface area contributed by atoms with Crippen LogP contribution in [0.5, 0.6) is 11.5 Å². The number of nitrogens with zero attached hydrogens (tertiary/aromatic N) is 2. The molecule has 4 rings (SSSR count). The zero-order chi connectivity index (χ0) is 29.4. The number of unbranched alkanes of at least 4 members (excludes halogenated alkanes) is 1. The minimum absolute atomic E-state index is 0.0000767. The average molecular weight is 592 g/mol. The summed E-state index contributed by atoms with van der Waals surface area (Å²) < 4.78 is 53.8. The number of ether oxygens (including phenoxy) is 3. The quantitative estimate of drug-likeness (QED) is 0.249. The first-order valence-electron chi connectivity index (χ1n) is 14.3. The van der Waals surface area contributed by atoms with E-state index in [4.69, 9.17) is 14.2 Å². The molecule has 2 aliphatic rings. The van der Waals surface area contributed by atoms with Gasteiger partial charge < -0.3 is 33.7 Å². The lowest BCUT2D eigenvalue weighted by Gasteiger charge is -2.34. The van der Waals surface area contributed by atoms with Gasteiger partial charge >= 0.3 is 5.97 Å². The van der Waals surface area contributed by atoms with Gasteiger partial charge in [0.25, 0.3) is 0 Å². The molecular weight excluding hydrogens is 551 g/mol. The van der Waals surface area contributed by atoms with Crippen molar-refractivity contribution in [3.05, 3.63) is 48.3 Å². The summed E-state index contributed by atoms with van der Waals surface area (Å²) in [6, 6.07) is 12.3. The summed E-state index contributed by atoms with van der Waals surface area (Å²) in [4.78, 5) is 15.7. The third kappa shape index (κ3) is 8.56. The molecule has 0 saturated carbocycles. The molecule has 2 saturated heterocycles. The van der Waals surface area contributed by atoms with Crippen LogP contribution in [0.2, 0.25) is 0 Å². The number of carboxylic acid groups (broad SMARTS) is 1. The second kappa shape index (κ2) is 14.8. The van der Waals surface area contributed by atoms with Crippen LogP contribution < -0.4 is 19.3 Å². The third-order valence-electron chi connectivity index (χ3n) is 7.87. The van der Waals surface area contributed by atoms with Crippen LogP contribution in [0.4, 0.5) is 15.8 Å². The Morgan fingerprint density at radius 3 is 2.49 bits per heavy atom. The normalized spacial score (nSPS) is 22.1. The van der Waals surface area contributed by atoms with Crippen LogP contribution in [-0.4, -0.2) is 76.7 Å². The Morgan fingerprint density at radius 2 is 1.83 bits per heavy atom. The van der Waals surface area contributed by atoms with Crippen molar-refractivity contribution in [2.75, 3.05) is 48.4 Å². The van der Waals surface area contributed by atoms with E-state index in [2.05, 4.69) is 4.90 Å². The van der Waals surface area contributed by atoms with Crippen LogP contribution in [0.15, 0.2) is 42.5 Å². The molecule has 0 spiro atoms. The molecule has 0 bridgehead atoms. The van der Waals surface area contributed by atoms with Gasteiger partial charge in [-0.15, -0.1) is 0 Å². The highest BCUT2D eigenvalue weighted by atomic mass is 32.2. The third-order valence-corrected chi connectivity index (χ3v) is 8.50. The number of rotatable bonds is 14. The molecule has 226 valence electrons. The van der Waals surface area contributed by atoms with E-state index in [1.54, 1.807) is 12.1 Å². The topological polar surface area (TPSA) is 112 Å². The second-order valence-electron chi connectivity index (χ2n) is 10.6. The molecule has 0 radical (unpaired) electrons. The maximum absolute atomic E-state index is 14.5. The number of halogens is 1. The largest absolute Gasteiger partial charge is 0.772 e. The molecule has 0 amide bonds. The molecule has 2 fully saturated rings. The number of benzene rings is 2. The van der Waals surface area contributed by atoms with E-state index < -0.39 is 17.0 Å². The lowest BCUT2D eigenvalue weighted by Crippen LogP contribution is -2.38. The maximum Gasteiger partial charge on any atom is 0.305 e. The predicted molar refractivity (Wildman–Crippen MR) is 155 cm³/mol. The van der Waals surface area contributed by atoms with E-state index in [1.165, 1.54) is 6.07 Å². The fourth-order valence-corrected chi connectivity index (χ4v) is 6.11. The van der Waals surface area contributed by atoms with Gasteiger partial charge in [0.15, 0.2) is 0 Å². The highest BCUT2D eigenvalue weighted by Gasteiger charge is 2.40. The summed E-state index contributed by atoms with van der Waals surface area (Å²) in [6.45, 7) is 6.79. The molecule has 4 atom stereocenters. The zero-order valence-corrected chi connectivity index (χ0v) is 24.5. The molecule has 2 aromatic rings. The van der Waals surface area contributed by atoms with Gasteiger partial charge in [-0.2, -0.15) is 0 Å². The number of piperidine rings is 1. The van der Waals surface area contributed by atoms with Gasteiger partial charge in [0.05, 0.1) is 24.8 Å². The number of carboxylic acids is 1. The average Bonchev–Trinajstić information content (AvgIpc) is 3.24. The Kier molecular flexibility index (Phi) is 11.2. The van der Waals surface area contributed by atoms with E-state index in [0.29, 0.717) is 57.1 Å². The Morgan fingerprint density at radius 1 is 1.12 bits per heavy atom. The lowest BCUT2D eigenvalue weighted by atomic mass is 9.97. The Labute approximate surface area is 243 Å². The first-order chi connectivity index (χ1) is 19.7. The zero-order valence-electron chi connectivity index (χ0n) is 23.7. The van der Waals surface area contributed by atoms with Crippen molar-refractivity contribution in [3.8, 4) is 11.5 Å². The van der Waals surface area contributed by atoms with Crippen molar-refractivity contribution in [2.24, 2.45) is 5.92 Å². The van der Waals surface area contributed by atoms with Gasteiger partial charge in [-0.25, -0.2) is 4.39 Å². The van der Waals surface area contributed by atoms with Gasteiger partial charge in [0, 0.05) is 68.5 Å². The summed E-state index contributed by atoms with van der Waals surface area (Å²) in [5, 5.41) is 9.53. The van der Waals surface area contributed by atoms with E-state index in [0.717, 1.165) is 24.3 Å². The first kappa shape index (κ1) is 31.1. The van der Waals surface area contributed by atoms with Crippen molar-refractivity contribution >= 4 is 28.4 Å². The summed E-state index contributed by atoms with van der Waals surface area (Å²) in [6.07, 6.45) is 2.57. The fourth-order valence-electron chi connectivity index (χ4n) is 5.67. The molecule has 11 heteroatoms. The van der Waals surface area contributed by atoms with Crippen molar-refractivity contribution in [2.45, 2.75) is 64.2 Å². The number of aliphatic carboxylic acids is 1. The van der Waals surface area contributed by atoms with E-state index in [-0.39, 0.29) is 42.2 Å². The van der Waals surface area contributed by atoms with E-state index in [1.807, 2.05) is 43.0 Å². The standard InChI is InChI=1S/C30H41FN2O7S/c1-3-38-25-10-11-26(31)28(18-25)32-14-12-24(13-15-32)40-23-8-6-22(7-9-23)33-20-29(21(2)27(33)19-30(34)35)39-16-4-5-17-41(36)37/h6-11,18,21,24,27,29H,3-5,12-17,19-20H2,1-2H3,(H,34,35)(H,36,37)/p-1/t21-,27-,29-/m0/s1. The van der Waals surface area contributed by atoms with Gasteiger partial charge in [-0.05, 0) is 56.2 Å². The molecule has 2 aromatic carbocycles. The highest BCUT2D eigenvalue weighted by molar-refractivity contribution is 7.79. The number of hydrogen-bond donors (Lipinski definition) is 1. The van der Waals surface area contributed by atoms with Crippen molar-refractivity contribution in [1.29, 1.82) is 0 Å². The molecule has 41 heavy (non-hydrogen) atoms. The summed E-state index contributed by atoms with van der Waals surface area (Å²) in [5.74, 6) is 0.396. The molecule has 0 aromatic heterocycles. The molecule has 2 aliphatic heterocycles. The summed E-state index contributed by atoms with van der Waals surface area (Å²) in [7, 11) is 0. The minimum atomic E-state index is -2.05. The van der Waals surface area contributed by atoms with Crippen LogP contribution in [0.25, 0.3) is 0 Å². The smallest absolute Gasteiger partial charge is 0.305 e. The van der Waals surface area contributed by atoms with Crippen molar-refractivity contribution in [3.63, 3.8) is 0 Å². The Bertz CT molecular complexity index is 1160. The molecule has 0 aliphatic carbocycles.